The van der Waals surface area contributed by atoms with Crippen LogP contribution in [0, 0.1) is 0 Å². The number of urea groups is 1. The van der Waals surface area contributed by atoms with Crippen LogP contribution >= 0.6 is 0 Å². The third kappa shape index (κ3) is 3.09. The number of fused-ring (bicyclic) bond motifs is 1. The van der Waals surface area contributed by atoms with Crippen LogP contribution in [0.5, 0.6) is 0 Å². The number of nitrogens with zero attached hydrogens (tertiary/aromatic N) is 3. The Bertz CT molecular complexity index is 663. The molecule has 0 bridgehead atoms. The number of morpholine rings is 1. The van der Waals surface area contributed by atoms with Gasteiger partial charge in [0.25, 0.3) is 5.91 Å². The molecule has 0 radical (unpaired) electrons. The first-order valence-corrected chi connectivity index (χ1v) is 8.90. The number of likely N-dealkylation sites (N-methyl/N-ethyl adjacent to an activating group) is 1. The molecule has 0 saturated carbocycles. The number of hydrogen-bond acceptors (Lipinski definition) is 4. The van der Waals surface area contributed by atoms with E-state index in [0.717, 1.165) is 25.2 Å². The Hall–Kier alpha value is -2.12. The molecule has 25 heavy (non-hydrogen) atoms. The molecule has 2 unspecified atom stereocenters. The molecule has 134 valence electrons. The lowest BCUT2D eigenvalue weighted by Gasteiger charge is -2.46. The van der Waals surface area contributed by atoms with Crippen molar-refractivity contribution in [3.63, 3.8) is 0 Å². The second-order valence-corrected chi connectivity index (χ2v) is 6.96. The van der Waals surface area contributed by atoms with Crippen molar-refractivity contribution in [2.45, 2.75) is 18.6 Å². The number of ether oxygens (including phenoxy) is 1. The smallest absolute Gasteiger partial charge is 0.321 e. The molecule has 1 aromatic carbocycles. The van der Waals surface area contributed by atoms with E-state index in [0.29, 0.717) is 31.8 Å². The van der Waals surface area contributed by atoms with Crippen molar-refractivity contribution in [2.24, 2.45) is 0 Å². The summed E-state index contributed by atoms with van der Waals surface area (Å²) in [4.78, 5) is 30.7. The van der Waals surface area contributed by atoms with Gasteiger partial charge < -0.3 is 19.9 Å². The zero-order chi connectivity index (χ0) is 17.4. The average Bonchev–Trinajstić information content (AvgIpc) is 3.06. The fourth-order valence-electron chi connectivity index (χ4n) is 3.95. The van der Waals surface area contributed by atoms with Gasteiger partial charge in [-0.1, -0.05) is 0 Å². The molecule has 3 aliphatic heterocycles. The minimum Gasteiger partial charge on any atom is -0.374 e. The molecule has 0 aliphatic carbocycles. The van der Waals surface area contributed by atoms with Crippen LogP contribution in [0.25, 0.3) is 0 Å². The highest BCUT2D eigenvalue weighted by atomic mass is 16.5. The third-order valence-electron chi connectivity index (χ3n) is 5.33. The Balaban J connectivity index is 1.50. The van der Waals surface area contributed by atoms with Crippen LogP contribution in [-0.4, -0.2) is 80.3 Å². The van der Waals surface area contributed by atoms with Crippen LogP contribution < -0.4 is 10.2 Å². The van der Waals surface area contributed by atoms with Crippen LogP contribution in [0.15, 0.2) is 24.3 Å². The number of anilines is 1. The fraction of sp³-hybridized carbons (Fsp3) is 0.556. The van der Waals surface area contributed by atoms with E-state index < -0.39 is 0 Å². The van der Waals surface area contributed by atoms with E-state index in [1.165, 1.54) is 0 Å². The number of hydrogen-bond donors (Lipinski definition) is 1. The van der Waals surface area contributed by atoms with Gasteiger partial charge in [0.2, 0.25) is 0 Å². The van der Waals surface area contributed by atoms with Gasteiger partial charge in [-0.25, -0.2) is 4.79 Å². The summed E-state index contributed by atoms with van der Waals surface area (Å²) in [5, 5.41) is 2.79. The van der Waals surface area contributed by atoms with Crippen molar-refractivity contribution in [3.05, 3.63) is 29.8 Å². The van der Waals surface area contributed by atoms with Gasteiger partial charge in [0.1, 0.15) is 0 Å². The molecule has 3 heterocycles. The van der Waals surface area contributed by atoms with Gasteiger partial charge in [-0.15, -0.1) is 0 Å². The first-order valence-electron chi connectivity index (χ1n) is 8.90. The van der Waals surface area contributed by atoms with Gasteiger partial charge in [0.05, 0.1) is 18.8 Å². The van der Waals surface area contributed by atoms with E-state index >= 15 is 0 Å². The molecule has 1 N–H and O–H groups in total. The third-order valence-corrected chi connectivity index (χ3v) is 5.33. The van der Waals surface area contributed by atoms with E-state index in [1.807, 2.05) is 29.2 Å². The number of piperidine rings is 1. The Kier molecular flexibility index (Phi) is 4.35. The lowest BCUT2D eigenvalue weighted by molar-refractivity contribution is -0.0869. The Morgan fingerprint density at radius 3 is 2.72 bits per heavy atom. The normalized spacial score (nSPS) is 27.2. The summed E-state index contributed by atoms with van der Waals surface area (Å²) in [5.74, 6) is 0.0472. The van der Waals surface area contributed by atoms with Crippen LogP contribution in [-0.2, 0) is 4.74 Å². The summed E-state index contributed by atoms with van der Waals surface area (Å²) in [6.07, 6.45) is 1.11. The second kappa shape index (κ2) is 6.65. The fourth-order valence-corrected chi connectivity index (χ4v) is 3.95. The number of rotatable bonds is 2. The summed E-state index contributed by atoms with van der Waals surface area (Å²) in [6, 6.07) is 7.37. The predicted molar refractivity (Wildman–Crippen MR) is 93.9 cm³/mol. The maximum absolute atomic E-state index is 13.0. The van der Waals surface area contributed by atoms with Gasteiger partial charge in [-0.05, 0) is 37.7 Å². The number of carbonyl (C=O) groups excluding carboxylic acids is 2. The molecule has 3 saturated heterocycles. The summed E-state index contributed by atoms with van der Waals surface area (Å²) in [7, 11) is 2.09. The number of carbonyl (C=O) groups is 2. The topological polar surface area (TPSA) is 65.1 Å². The Morgan fingerprint density at radius 1 is 1.20 bits per heavy atom. The zero-order valence-electron chi connectivity index (χ0n) is 14.5. The maximum atomic E-state index is 13.0. The van der Waals surface area contributed by atoms with Crippen molar-refractivity contribution in [1.29, 1.82) is 0 Å². The quantitative estimate of drug-likeness (QED) is 0.860. The van der Waals surface area contributed by atoms with Gasteiger partial charge in [-0.3, -0.25) is 9.69 Å². The summed E-state index contributed by atoms with van der Waals surface area (Å²) in [5.41, 5.74) is 1.49. The van der Waals surface area contributed by atoms with E-state index in [-0.39, 0.29) is 24.1 Å². The van der Waals surface area contributed by atoms with E-state index in [1.54, 1.807) is 4.90 Å². The highest BCUT2D eigenvalue weighted by Gasteiger charge is 2.38. The molecular weight excluding hydrogens is 320 g/mol. The zero-order valence-corrected chi connectivity index (χ0v) is 14.5. The number of likely N-dealkylation sites (tertiary alicyclic amines) is 1. The predicted octanol–water partition coefficient (Wildman–Crippen LogP) is 0.761. The maximum Gasteiger partial charge on any atom is 0.321 e. The largest absolute Gasteiger partial charge is 0.374 e. The average molecular weight is 344 g/mol. The standard InChI is InChI=1S/C18H24N4O3/c1-20-8-6-16-15(12-20)22(10-11-25-16)17(23)13-2-4-14(5-3-13)21-9-7-19-18(21)24/h2-5,15-16H,6-12H2,1H3,(H,19,24). The highest BCUT2D eigenvalue weighted by Crippen LogP contribution is 2.25. The van der Waals surface area contributed by atoms with E-state index in [4.69, 9.17) is 4.74 Å². The van der Waals surface area contributed by atoms with E-state index in [9.17, 15) is 9.59 Å². The molecule has 0 spiro atoms. The monoisotopic (exact) mass is 344 g/mol. The Morgan fingerprint density at radius 2 is 2.00 bits per heavy atom. The SMILES string of the molecule is CN1CCC2OCCN(C(=O)c3ccc(N4CCNC4=O)cc3)C2C1. The lowest BCUT2D eigenvalue weighted by Crippen LogP contribution is -2.60. The minimum atomic E-state index is -0.0830. The summed E-state index contributed by atoms with van der Waals surface area (Å²) >= 11 is 0. The van der Waals surface area contributed by atoms with Crippen LogP contribution in [0.3, 0.4) is 0 Å². The van der Waals surface area contributed by atoms with E-state index in [2.05, 4.69) is 17.3 Å². The first kappa shape index (κ1) is 16.4. The molecule has 3 aliphatic rings. The van der Waals surface area contributed by atoms with Crippen LogP contribution in [0.2, 0.25) is 0 Å². The molecule has 3 amide bonds. The molecular formula is C18H24N4O3. The van der Waals surface area contributed by atoms with Crippen molar-refractivity contribution >= 4 is 17.6 Å². The molecule has 7 heteroatoms. The van der Waals surface area contributed by atoms with Crippen molar-refractivity contribution < 1.29 is 14.3 Å². The molecule has 7 nitrogen and oxygen atoms in total. The number of amides is 3. The number of benzene rings is 1. The second-order valence-electron chi connectivity index (χ2n) is 6.96. The van der Waals surface area contributed by atoms with Gasteiger partial charge in [-0.2, -0.15) is 0 Å². The Labute approximate surface area is 147 Å². The highest BCUT2D eigenvalue weighted by molar-refractivity contribution is 5.97. The van der Waals surface area contributed by atoms with Gasteiger partial charge in [0, 0.05) is 44.0 Å². The van der Waals surface area contributed by atoms with Gasteiger partial charge >= 0.3 is 6.03 Å². The molecule has 1 aromatic rings. The lowest BCUT2D eigenvalue weighted by atomic mass is 9.98. The van der Waals surface area contributed by atoms with Gasteiger partial charge in [0.15, 0.2) is 0 Å². The summed E-state index contributed by atoms with van der Waals surface area (Å²) < 4.78 is 5.87. The number of nitrogens with one attached hydrogen (secondary N) is 1. The molecule has 4 rings (SSSR count). The van der Waals surface area contributed by atoms with Crippen LogP contribution in [0.1, 0.15) is 16.8 Å². The minimum absolute atomic E-state index is 0.0472. The van der Waals surface area contributed by atoms with Crippen molar-refractivity contribution in [2.75, 3.05) is 51.3 Å². The first-order chi connectivity index (χ1) is 12.1. The molecule has 3 fully saturated rings. The van der Waals surface area contributed by atoms with Crippen molar-refractivity contribution in [1.82, 2.24) is 15.1 Å². The molecule has 0 aromatic heterocycles. The van der Waals surface area contributed by atoms with Crippen LogP contribution in [0.4, 0.5) is 10.5 Å². The summed E-state index contributed by atoms with van der Waals surface area (Å²) in [6.45, 7) is 4.40. The van der Waals surface area contributed by atoms with Crippen molar-refractivity contribution in [3.8, 4) is 0 Å². The molecule has 2 atom stereocenters.